The Bertz CT molecular complexity index is 1060. The van der Waals surface area contributed by atoms with Crippen LogP contribution in [0.4, 0.5) is 5.69 Å². The zero-order valence-corrected chi connectivity index (χ0v) is 18.5. The van der Waals surface area contributed by atoms with E-state index in [1.807, 2.05) is 36.4 Å². The van der Waals surface area contributed by atoms with Gasteiger partial charge >= 0.3 is 0 Å². The van der Waals surface area contributed by atoms with Crippen molar-refractivity contribution in [1.82, 2.24) is 4.57 Å². The third-order valence-corrected chi connectivity index (χ3v) is 5.80. The van der Waals surface area contributed by atoms with E-state index in [1.165, 1.54) is 10.8 Å². The van der Waals surface area contributed by atoms with Crippen molar-refractivity contribution in [2.24, 2.45) is 0 Å². The van der Waals surface area contributed by atoms with Crippen LogP contribution >= 0.6 is 31.9 Å². The van der Waals surface area contributed by atoms with Gasteiger partial charge < -0.3 is 19.7 Å². The Morgan fingerprint density at radius 3 is 2.04 bits per heavy atom. The number of hydrogen-bond acceptors (Lipinski definition) is 3. The summed E-state index contributed by atoms with van der Waals surface area (Å²) in [5, 5.41) is 16.3. The quantitative estimate of drug-likeness (QED) is 0.349. The Morgan fingerprint density at radius 1 is 0.929 bits per heavy atom. The fourth-order valence-electron chi connectivity index (χ4n) is 3.47. The van der Waals surface area contributed by atoms with Crippen molar-refractivity contribution in [3.8, 4) is 5.75 Å². The lowest BCUT2D eigenvalue weighted by Crippen LogP contribution is -2.24. The summed E-state index contributed by atoms with van der Waals surface area (Å²) < 4.78 is 9.45. The average Bonchev–Trinajstić information content (AvgIpc) is 2.99. The Labute approximate surface area is 180 Å². The molecule has 1 aromatic heterocycles. The van der Waals surface area contributed by atoms with Gasteiger partial charge in [0.2, 0.25) is 0 Å². The molecule has 0 aliphatic carbocycles. The zero-order chi connectivity index (χ0) is 19.7. The molecule has 0 bridgehead atoms. The molecule has 0 saturated carbocycles. The van der Waals surface area contributed by atoms with Gasteiger partial charge in [-0.1, -0.05) is 31.9 Å². The highest BCUT2D eigenvalue weighted by Crippen LogP contribution is 2.33. The van der Waals surface area contributed by atoms with E-state index in [4.69, 9.17) is 4.74 Å². The van der Waals surface area contributed by atoms with E-state index in [0.29, 0.717) is 13.1 Å². The number of nitrogens with one attached hydrogen (secondary N) is 1. The van der Waals surface area contributed by atoms with Gasteiger partial charge in [-0.25, -0.2) is 0 Å². The van der Waals surface area contributed by atoms with Crippen LogP contribution in [0.15, 0.2) is 69.6 Å². The summed E-state index contributed by atoms with van der Waals surface area (Å²) >= 11 is 7.14. The van der Waals surface area contributed by atoms with Crippen molar-refractivity contribution < 1.29 is 9.84 Å². The Hall–Kier alpha value is -2.02. The third-order valence-electron chi connectivity index (χ3n) is 4.81. The summed E-state index contributed by atoms with van der Waals surface area (Å²) in [5.74, 6) is 0.814. The number of halogens is 2. The lowest BCUT2D eigenvalue weighted by molar-refractivity contribution is 0.169. The molecule has 4 nitrogen and oxygen atoms in total. The molecule has 6 heteroatoms. The van der Waals surface area contributed by atoms with Gasteiger partial charge in [-0.3, -0.25) is 0 Å². The molecule has 0 aliphatic heterocycles. The fraction of sp³-hybridized carbons (Fsp3) is 0.182. The van der Waals surface area contributed by atoms with Crippen LogP contribution in [-0.4, -0.2) is 29.4 Å². The standard InChI is InChI=1S/C22H20Br2N2O2/c1-28-18-6-4-16(5-7-18)25-12-17(27)13-26-21-8-2-14(23)10-19(21)20-11-15(24)3-9-22(20)26/h2-11,17,25,27H,12-13H2,1H3/t17-/m1/s1. The summed E-state index contributed by atoms with van der Waals surface area (Å²) in [5.41, 5.74) is 3.18. The van der Waals surface area contributed by atoms with Gasteiger partial charge in [0.1, 0.15) is 5.75 Å². The van der Waals surface area contributed by atoms with Crippen LogP contribution in [0.3, 0.4) is 0 Å². The van der Waals surface area contributed by atoms with Gasteiger partial charge in [-0.2, -0.15) is 0 Å². The topological polar surface area (TPSA) is 46.4 Å². The van der Waals surface area contributed by atoms with E-state index in [0.717, 1.165) is 31.4 Å². The van der Waals surface area contributed by atoms with Gasteiger partial charge in [0, 0.05) is 43.0 Å². The average molecular weight is 504 g/mol. The number of ether oxygens (including phenoxy) is 1. The minimum atomic E-state index is -0.534. The Morgan fingerprint density at radius 2 is 1.50 bits per heavy atom. The molecule has 0 unspecified atom stereocenters. The number of fused-ring (bicyclic) bond motifs is 3. The summed E-state index contributed by atoms with van der Waals surface area (Å²) in [6.07, 6.45) is -0.534. The summed E-state index contributed by atoms with van der Waals surface area (Å²) in [6.45, 7) is 0.965. The van der Waals surface area contributed by atoms with E-state index in [-0.39, 0.29) is 0 Å². The molecule has 0 spiro atoms. The normalized spacial score (nSPS) is 12.4. The van der Waals surface area contributed by atoms with Gasteiger partial charge in [-0.15, -0.1) is 0 Å². The van der Waals surface area contributed by atoms with E-state index in [9.17, 15) is 5.11 Å². The first-order chi connectivity index (χ1) is 13.5. The van der Waals surface area contributed by atoms with Crippen molar-refractivity contribution in [3.63, 3.8) is 0 Å². The molecule has 4 aromatic rings. The molecule has 144 valence electrons. The lowest BCUT2D eigenvalue weighted by Gasteiger charge is -2.16. The maximum absolute atomic E-state index is 10.7. The van der Waals surface area contributed by atoms with Gasteiger partial charge in [0.15, 0.2) is 0 Å². The highest BCUT2D eigenvalue weighted by Gasteiger charge is 2.14. The second-order valence-corrected chi connectivity index (χ2v) is 8.53. The highest BCUT2D eigenvalue weighted by molar-refractivity contribution is 9.10. The SMILES string of the molecule is COc1ccc(NC[C@@H](O)Cn2c3ccc(Br)cc3c3cc(Br)ccc32)cc1. The molecule has 4 rings (SSSR count). The van der Waals surface area contributed by atoms with Gasteiger partial charge in [-0.05, 0) is 60.7 Å². The van der Waals surface area contributed by atoms with Crippen LogP contribution in [0.1, 0.15) is 0 Å². The lowest BCUT2D eigenvalue weighted by atomic mass is 10.2. The molecule has 3 aromatic carbocycles. The molecule has 28 heavy (non-hydrogen) atoms. The number of aliphatic hydroxyl groups excluding tert-OH is 1. The first kappa shape index (κ1) is 19.3. The summed E-state index contributed by atoms with van der Waals surface area (Å²) in [6, 6.07) is 20.2. The Kier molecular flexibility index (Phi) is 5.62. The first-order valence-electron chi connectivity index (χ1n) is 8.98. The fourth-order valence-corrected chi connectivity index (χ4v) is 4.19. The number of hydrogen-bond donors (Lipinski definition) is 2. The molecule has 0 aliphatic rings. The monoisotopic (exact) mass is 502 g/mol. The number of aliphatic hydroxyl groups is 1. The molecule has 0 amide bonds. The minimum absolute atomic E-state index is 0.459. The molecule has 1 heterocycles. The van der Waals surface area contributed by atoms with Crippen LogP contribution in [0.25, 0.3) is 21.8 Å². The third kappa shape index (κ3) is 3.90. The molecule has 0 fully saturated rings. The number of aromatic nitrogens is 1. The van der Waals surface area contributed by atoms with Crippen LogP contribution in [0, 0.1) is 0 Å². The van der Waals surface area contributed by atoms with Crippen LogP contribution in [0.2, 0.25) is 0 Å². The van der Waals surface area contributed by atoms with Crippen molar-refractivity contribution >= 4 is 59.4 Å². The second-order valence-electron chi connectivity index (χ2n) is 6.70. The zero-order valence-electron chi connectivity index (χ0n) is 15.3. The predicted molar refractivity (Wildman–Crippen MR) is 122 cm³/mol. The number of methoxy groups -OCH3 is 1. The summed E-state index contributed by atoms with van der Waals surface area (Å²) in [4.78, 5) is 0. The van der Waals surface area contributed by atoms with E-state index in [2.05, 4.69) is 66.0 Å². The number of anilines is 1. The maximum Gasteiger partial charge on any atom is 0.119 e. The van der Waals surface area contributed by atoms with Crippen LogP contribution < -0.4 is 10.1 Å². The molecule has 0 radical (unpaired) electrons. The van der Waals surface area contributed by atoms with Crippen molar-refractivity contribution in [2.75, 3.05) is 19.0 Å². The van der Waals surface area contributed by atoms with Gasteiger partial charge in [0.25, 0.3) is 0 Å². The molecular formula is C22H20Br2N2O2. The maximum atomic E-state index is 10.7. The minimum Gasteiger partial charge on any atom is -0.497 e. The van der Waals surface area contributed by atoms with Crippen LogP contribution in [-0.2, 0) is 6.54 Å². The van der Waals surface area contributed by atoms with Crippen molar-refractivity contribution in [1.29, 1.82) is 0 Å². The molecular weight excluding hydrogens is 484 g/mol. The number of benzene rings is 3. The first-order valence-corrected chi connectivity index (χ1v) is 10.6. The molecule has 0 saturated heterocycles. The number of nitrogens with zero attached hydrogens (tertiary/aromatic N) is 1. The van der Waals surface area contributed by atoms with Crippen molar-refractivity contribution in [3.05, 3.63) is 69.6 Å². The molecule has 1 atom stereocenters. The predicted octanol–water partition coefficient (Wildman–Crippen LogP) is 5.80. The van der Waals surface area contributed by atoms with E-state index in [1.54, 1.807) is 7.11 Å². The summed E-state index contributed by atoms with van der Waals surface area (Å²) in [7, 11) is 1.65. The highest BCUT2D eigenvalue weighted by atomic mass is 79.9. The molecule has 2 N–H and O–H groups in total. The van der Waals surface area contributed by atoms with E-state index >= 15 is 0 Å². The second kappa shape index (κ2) is 8.15. The van der Waals surface area contributed by atoms with E-state index < -0.39 is 6.10 Å². The van der Waals surface area contributed by atoms with Crippen molar-refractivity contribution in [2.45, 2.75) is 12.6 Å². The smallest absolute Gasteiger partial charge is 0.119 e. The Balaban J connectivity index is 1.59. The largest absolute Gasteiger partial charge is 0.497 e. The number of rotatable bonds is 6. The van der Waals surface area contributed by atoms with Crippen LogP contribution in [0.5, 0.6) is 5.75 Å². The van der Waals surface area contributed by atoms with Gasteiger partial charge in [0.05, 0.1) is 19.8 Å².